The maximum atomic E-state index is 12.7. The zero-order chi connectivity index (χ0) is 19.2. The molecule has 3 aromatic rings. The van der Waals surface area contributed by atoms with Gasteiger partial charge in [-0.1, -0.05) is 6.07 Å². The lowest BCUT2D eigenvalue weighted by molar-refractivity contribution is 0.0793. The molecule has 1 saturated heterocycles. The molecule has 7 heteroatoms. The Morgan fingerprint density at radius 1 is 1.33 bits per heavy atom. The molecule has 7 nitrogen and oxygen atoms in total. The van der Waals surface area contributed by atoms with Crippen LogP contribution in [0.15, 0.2) is 36.5 Å². The minimum absolute atomic E-state index is 0.306. The summed E-state index contributed by atoms with van der Waals surface area (Å²) in [6.45, 7) is 7.03. The smallest absolute Gasteiger partial charge is 0.274 e. The molecule has 0 spiro atoms. The molecule has 1 aliphatic rings. The molecule has 0 saturated carbocycles. The van der Waals surface area contributed by atoms with Crippen LogP contribution in [0.25, 0.3) is 10.9 Å². The number of fused-ring (bicyclic) bond motifs is 1. The molecule has 0 bridgehead atoms. The fourth-order valence-corrected chi connectivity index (χ4v) is 3.20. The SMILES string of the molecule is Cc1cccc(C(=O)Nc2cc3cn(C4CNC4)nc3cc2C(C)(C)O)n1. The second-order valence-corrected chi connectivity index (χ2v) is 7.56. The highest BCUT2D eigenvalue weighted by atomic mass is 16.3. The first-order valence-electron chi connectivity index (χ1n) is 9.03. The highest BCUT2D eigenvalue weighted by molar-refractivity contribution is 6.04. The molecule has 2 aromatic heterocycles. The van der Waals surface area contributed by atoms with E-state index in [-0.39, 0.29) is 5.91 Å². The molecule has 3 N–H and O–H groups in total. The molecular weight excluding hydrogens is 342 g/mol. The van der Waals surface area contributed by atoms with Gasteiger partial charge in [0.05, 0.1) is 17.2 Å². The molecule has 4 rings (SSSR count). The molecule has 0 unspecified atom stereocenters. The molecule has 140 valence electrons. The largest absolute Gasteiger partial charge is 0.386 e. The van der Waals surface area contributed by atoms with Gasteiger partial charge in [0.2, 0.25) is 0 Å². The van der Waals surface area contributed by atoms with E-state index in [2.05, 4.69) is 20.7 Å². The van der Waals surface area contributed by atoms with E-state index in [4.69, 9.17) is 0 Å². The van der Waals surface area contributed by atoms with E-state index in [1.807, 2.05) is 36.0 Å². The van der Waals surface area contributed by atoms with Crippen LogP contribution in [-0.4, -0.2) is 38.9 Å². The van der Waals surface area contributed by atoms with Crippen molar-refractivity contribution in [3.8, 4) is 0 Å². The van der Waals surface area contributed by atoms with Gasteiger partial charge in [0.25, 0.3) is 5.91 Å². The van der Waals surface area contributed by atoms with Gasteiger partial charge in [-0.15, -0.1) is 0 Å². The number of hydrogen-bond acceptors (Lipinski definition) is 5. The van der Waals surface area contributed by atoms with E-state index in [0.29, 0.717) is 23.0 Å². The predicted molar refractivity (Wildman–Crippen MR) is 104 cm³/mol. The Morgan fingerprint density at radius 2 is 2.11 bits per heavy atom. The summed E-state index contributed by atoms with van der Waals surface area (Å²) in [5.41, 5.74) is 1.97. The number of aromatic nitrogens is 3. The zero-order valence-electron chi connectivity index (χ0n) is 15.7. The summed E-state index contributed by atoms with van der Waals surface area (Å²) in [4.78, 5) is 16.9. The number of pyridine rings is 1. The minimum Gasteiger partial charge on any atom is -0.386 e. The molecule has 1 aromatic carbocycles. The number of nitrogens with zero attached hydrogens (tertiary/aromatic N) is 3. The van der Waals surface area contributed by atoms with Gasteiger partial charge < -0.3 is 15.7 Å². The summed E-state index contributed by atoms with van der Waals surface area (Å²) in [5, 5.41) is 22.3. The topological polar surface area (TPSA) is 92.1 Å². The van der Waals surface area contributed by atoms with Crippen molar-refractivity contribution < 1.29 is 9.90 Å². The van der Waals surface area contributed by atoms with E-state index in [1.165, 1.54) is 0 Å². The lowest BCUT2D eigenvalue weighted by Crippen LogP contribution is -2.43. The average Bonchev–Trinajstić information content (AvgIpc) is 2.93. The van der Waals surface area contributed by atoms with Gasteiger partial charge in [0.1, 0.15) is 5.69 Å². The van der Waals surface area contributed by atoms with Crippen LogP contribution < -0.4 is 10.6 Å². The number of anilines is 1. The van der Waals surface area contributed by atoms with Crippen LogP contribution in [0.3, 0.4) is 0 Å². The third kappa shape index (κ3) is 3.43. The molecule has 0 aliphatic carbocycles. The van der Waals surface area contributed by atoms with Crippen molar-refractivity contribution in [3.63, 3.8) is 0 Å². The highest BCUT2D eigenvalue weighted by Gasteiger charge is 2.25. The van der Waals surface area contributed by atoms with E-state index in [1.54, 1.807) is 26.0 Å². The zero-order valence-corrected chi connectivity index (χ0v) is 15.7. The van der Waals surface area contributed by atoms with Crippen molar-refractivity contribution in [2.24, 2.45) is 0 Å². The number of aryl methyl sites for hydroxylation is 1. The number of rotatable bonds is 4. The molecular formula is C20H23N5O2. The molecule has 0 radical (unpaired) electrons. The number of carbonyl (C=O) groups is 1. The molecule has 3 heterocycles. The lowest BCUT2D eigenvalue weighted by atomic mass is 9.95. The second kappa shape index (κ2) is 6.44. The number of benzene rings is 1. The maximum absolute atomic E-state index is 12.7. The van der Waals surface area contributed by atoms with Gasteiger partial charge in [0, 0.05) is 41.6 Å². The summed E-state index contributed by atoms with van der Waals surface area (Å²) in [6.07, 6.45) is 1.98. The van der Waals surface area contributed by atoms with E-state index in [9.17, 15) is 9.90 Å². The number of nitrogens with one attached hydrogen (secondary N) is 2. The predicted octanol–water partition coefficient (Wildman–Crippen LogP) is 2.36. The number of aliphatic hydroxyl groups is 1. The second-order valence-electron chi connectivity index (χ2n) is 7.56. The normalized spacial score (nSPS) is 15.0. The van der Waals surface area contributed by atoms with Crippen molar-refractivity contribution in [1.29, 1.82) is 0 Å². The summed E-state index contributed by atoms with van der Waals surface area (Å²) in [5.74, 6) is -0.306. The Hall–Kier alpha value is -2.77. The molecule has 1 amide bonds. The Kier molecular flexibility index (Phi) is 4.20. The maximum Gasteiger partial charge on any atom is 0.274 e. The molecule has 1 fully saturated rings. The molecule has 27 heavy (non-hydrogen) atoms. The van der Waals surface area contributed by atoms with Crippen molar-refractivity contribution in [1.82, 2.24) is 20.1 Å². The van der Waals surface area contributed by atoms with Gasteiger partial charge in [-0.25, -0.2) is 4.98 Å². The van der Waals surface area contributed by atoms with Crippen molar-refractivity contribution in [3.05, 3.63) is 53.5 Å². The monoisotopic (exact) mass is 365 g/mol. The van der Waals surface area contributed by atoms with Crippen LogP contribution in [0.4, 0.5) is 5.69 Å². The first kappa shape index (κ1) is 17.6. The lowest BCUT2D eigenvalue weighted by Gasteiger charge is -2.27. The van der Waals surface area contributed by atoms with E-state index in [0.717, 1.165) is 29.7 Å². The first-order chi connectivity index (χ1) is 12.8. The van der Waals surface area contributed by atoms with E-state index >= 15 is 0 Å². The van der Waals surface area contributed by atoms with Crippen LogP contribution >= 0.6 is 0 Å². The Bertz CT molecular complexity index is 1010. The quantitative estimate of drug-likeness (QED) is 0.660. The molecule has 1 aliphatic heterocycles. The number of amides is 1. The van der Waals surface area contributed by atoms with Crippen molar-refractivity contribution in [2.45, 2.75) is 32.4 Å². The van der Waals surface area contributed by atoms with Crippen LogP contribution in [0, 0.1) is 6.92 Å². The summed E-state index contributed by atoms with van der Waals surface area (Å²) in [7, 11) is 0. The summed E-state index contributed by atoms with van der Waals surface area (Å²) >= 11 is 0. The first-order valence-corrected chi connectivity index (χ1v) is 9.03. The van der Waals surface area contributed by atoms with Gasteiger partial charge >= 0.3 is 0 Å². The van der Waals surface area contributed by atoms with Crippen LogP contribution in [0.2, 0.25) is 0 Å². The minimum atomic E-state index is -1.13. The van der Waals surface area contributed by atoms with Gasteiger partial charge in [-0.05, 0) is 45.0 Å². The molecule has 0 atom stereocenters. The third-order valence-corrected chi connectivity index (χ3v) is 4.82. The van der Waals surface area contributed by atoms with E-state index < -0.39 is 5.60 Å². The van der Waals surface area contributed by atoms with Crippen LogP contribution in [-0.2, 0) is 5.60 Å². The average molecular weight is 365 g/mol. The van der Waals surface area contributed by atoms with Gasteiger partial charge in [-0.2, -0.15) is 5.10 Å². The Labute approximate surface area is 157 Å². The van der Waals surface area contributed by atoms with Gasteiger partial charge in [0.15, 0.2) is 0 Å². The number of hydrogen-bond donors (Lipinski definition) is 3. The van der Waals surface area contributed by atoms with Crippen LogP contribution in [0.1, 0.15) is 41.6 Å². The van der Waals surface area contributed by atoms with Gasteiger partial charge in [-0.3, -0.25) is 9.48 Å². The highest BCUT2D eigenvalue weighted by Crippen LogP contribution is 2.32. The third-order valence-electron chi connectivity index (χ3n) is 4.82. The van der Waals surface area contributed by atoms with Crippen LogP contribution in [0.5, 0.6) is 0 Å². The van der Waals surface area contributed by atoms with Crippen molar-refractivity contribution >= 4 is 22.5 Å². The summed E-state index contributed by atoms with van der Waals surface area (Å²) in [6, 6.07) is 9.37. The summed E-state index contributed by atoms with van der Waals surface area (Å²) < 4.78 is 1.95. The van der Waals surface area contributed by atoms with Crippen molar-refractivity contribution in [2.75, 3.05) is 18.4 Å². The number of carbonyl (C=O) groups excluding carboxylic acids is 1. The fraction of sp³-hybridized carbons (Fsp3) is 0.350. The Morgan fingerprint density at radius 3 is 2.74 bits per heavy atom. The fourth-order valence-electron chi connectivity index (χ4n) is 3.20. The standard InChI is InChI=1S/C20H23N5O2/c1-12-5-4-6-16(22-12)19(26)23-18-7-13-11-25(14-9-21-10-14)24-17(13)8-15(18)20(2,3)27/h4-8,11,14,21,27H,9-10H2,1-3H3,(H,23,26). The Balaban J connectivity index is 1.74.